The molecule has 0 saturated carbocycles. The van der Waals surface area contributed by atoms with Gasteiger partial charge in [-0.2, -0.15) is 18.2 Å². The van der Waals surface area contributed by atoms with Crippen LogP contribution in [0.25, 0.3) is 17.0 Å². The predicted octanol–water partition coefficient (Wildman–Crippen LogP) is 3.16. The zero-order valence-electron chi connectivity index (χ0n) is 12.1. The molecule has 0 spiro atoms. The van der Waals surface area contributed by atoms with E-state index in [-0.39, 0.29) is 40.7 Å². The summed E-state index contributed by atoms with van der Waals surface area (Å²) in [5.74, 6) is -2.24. The Kier molecular flexibility index (Phi) is 4.92. The molecule has 128 valence electrons. The van der Waals surface area contributed by atoms with Crippen molar-refractivity contribution in [2.75, 3.05) is 6.61 Å². The number of hydrogen-bond acceptors (Lipinski definition) is 6. The SMILES string of the molecule is Br.CCOC(=O)c1cn2ccc(-c3noc(C(F)(F)F)n3)cc2n1. The minimum Gasteiger partial charge on any atom is -0.461 e. The molecule has 0 amide bonds. The molecule has 3 aromatic heterocycles. The summed E-state index contributed by atoms with van der Waals surface area (Å²) in [5, 5.41) is 3.30. The van der Waals surface area contributed by atoms with E-state index in [2.05, 4.69) is 19.6 Å². The summed E-state index contributed by atoms with van der Waals surface area (Å²) < 4.78 is 48.0. The average molecular weight is 407 g/mol. The van der Waals surface area contributed by atoms with E-state index in [0.717, 1.165) is 0 Å². The van der Waals surface area contributed by atoms with Crippen molar-refractivity contribution in [2.24, 2.45) is 0 Å². The number of fused-ring (bicyclic) bond motifs is 1. The molecule has 0 radical (unpaired) electrons. The number of aromatic nitrogens is 4. The van der Waals surface area contributed by atoms with Crippen molar-refractivity contribution in [3.8, 4) is 11.4 Å². The van der Waals surface area contributed by atoms with Crippen LogP contribution in [-0.4, -0.2) is 32.1 Å². The minimum absolute atomic E-state index is 0. The molecule has 0 N–H and O–H groups in total. The highest BCUT2D eigenvalue weighted by atomic mass is 79.9. The molecule has 7 nitrogen and oxygen atoms in total. The molecule has 0 aliphatic rings. The smallest absolute Gasteiger partial charge is 0.461 e. The lowest BCUT2D eigenvalue weighted by Crippen LogP contribution is -2.04. The van der Waals surface area contributed by atoms with Crippen LogP contribution in [0.1, 0.15) is 23.3 Å². The molecule has 0 unspecified atom stereocenters. The molecule has 24 heavy (non-hydrogen) atoms. The number of imidazole rings is 1. The van der Waals surface area contributed by atoms with E-state index >= 15 is 0 Å². The summed E-state index contributed by atoms with van der Waals surface area (Å²) in [6.07, 6.45) is -1.74. The lowest BCUT2D eigenvalue weighted by Gasteiger charge is -1.97. The van der Waals surface area contributed by atoms with Crippen LogP contribution in [0.5, 0.6) is 0 Å². The Labute approximate surface area is 143 Å². The number of halogens is 4. The predicted molar refractivity (Wildman–Crippen MR) is 79.8 cm³/mol. The van der Waals surface area contributed by atoms with Gasteiger partial charge in [-0.15, -0.1) is 17.0 Å². The van der Waals surface area contributed by atoms with Gasteiger partial charge in [-0.1, -0.05) is 5.16 Å². The van der Waals surface area contributed by atoms with Crippen molar-refractivity contribution in [1.29, 1.82) is 0 Å². The third-order valence-corrected chi connectivity index (χ3v) is 2.87. The molecule has 0 saturated heterocycles. The topological polar surface area (TPSA) is 82.5 Å². The fraction of sp³-hybridized carbons (Fsp3) is 0.231. The summed E-state index contributed by atoms with van der Waals surface area (Å²) in [6.45, 7) is 1.88. The largest absolute Gasteiger partial charge is 0.471 e. The fourth-order valence-electron chi connectivity index (χ4n) is 1.88. The molecule has 0 bridgehead atoms. The van der Waals surface area contributed by atoms with Gasteiger partial charge in [0.1, 0.15) is 5.65 Å². The van der Waals surface area contributed by atoms with E-state index in [4.69, 9.17) is 4.74 Å². The summed E-state index contributed by atoms with van der Waals surface area (Å²) in [6, 6.07) is 2.92. The van der Waals surface area contributed by atoms with Crippen LogP contribution in [-0.2, 0) is 10.9 Å². The number of ether oxygens (including phenoxy) is 1. The Morgan fingerprint density at radius 1 is 1.38 bits per heavy atom. The highest BCUT2D eigenvalue weighted by Gasteiger charge is 2.38. The number of hydrogen-bond donors (Lipinski definition) is 0. The van der Waals surface area contributed by atoms with E-state index in [0.29, 0.717) is 5.65 Å². The first kappa shape index (κ1) is 17.9. The number of carbonyl (C=O) groups is 1. The Morgan fingerprint density at radius 2 is 2.12 bits per heavy atom. The molecule has 0 aliphatic carbocycles. The van der Waals surface area contributed by atoms with Crippen molar-refractivity contribution in [3.63, 3.8) is 0 Å². The van der Waals surface area contributed by atoms with E-state index in [1.165, 1.54) is 28.9 Å². The van der Waals surface area contributed by atoms with Crippen LogP contribution >= 0.6 is 17.0 Å². The summed E-state index contributed by atoms with van der Waals surface area (Å²) in [4.78, 5) is 19.0. The van der Waals surface area contributed by atoms with Crippen molar-refractivity contribution in [3.05, 3.63) is 36.1 Å². The van der Waals surface area contributed by atoms with Gasteiger partial charge in [0.15, 0.2) is 5.69 Å². The first-order chi connectivity index (χ1) is 10.9. The number of rotatable bonds is 3. The van der Waals surface area contributed by atoms with Gasteiger partial charge >= 0.3 is 18.0 Å². The van der Waals surface area contributed by atoms with Gasteiger partial charge in [-0.05, 0) is 19.1 Å². The van der Waals surface area contributed by atoms with Gasteiger partial charge in [0, 0.05) is 18.0 Å². The zero-order valence-corrected chi connectivity index (χ0v) is 13.8. The molecular formula is C13H10BrF3N4O3. The van der Waals surface area contributed by atoms with Crippen molar-refractivity contribution in [1.82, 2.24) is 19.5 Å². The van der Waals surface area contributed by atoms with Gasteiger partial charge in [-0.25, -0.2) is 9.78 Å². The molecule has 3 heterocycles. The highest BCUT2D eigenvalue weighted by molar-refractivity contribution is 8.93. The quantitative estimate of drug-likeness (QED) is 0.621. The number of pyridine rings is 1. The Balaban J connectivity index is 0.00000208. The van der Waals surface area contributed by atoms with Gasteiger partial charge in [0.05, 0.1) is 6.61 Å². The highest BCUT2D eigenvalue weighted by Crippen LogP contribution is 2.29. The van der Waals surface area contributed by atoms with Crippen molar-refractivity contribution in [2.45, 2.75) is 13.1 Å². The molecule has 0 fully saturated rings. The second kappa shape index (κ2) is 6.59. The second-order valence-electron chi connectivity index (χ2n) is 4.45. The summed E-state index contributed by atoms with van der Waals surface area (Å²) in [5.41, 5.74) is 0.703. The molecule has 3 aromatic rings. The van der Waals surface area contributed by atoms with Gasteiger partial charge in [0.25, 0.3) is 0 Å². The third kappa shape index (κ3) is 3.40. The fourth-order valence-corrected chi connectivity index (χ4v) is 1.88. The molecule has 0 aliphatic heterocycles. The number of carbonyl (C=O) groups excluding carboxylic acids is 1. The standard InChI is InChI=1S/C13H9F3N4O3.BrH/c1-2-22-11(21)8-6-20-4-3-7(5-9(20)17-8)10-18-12(23-19-10)13(14,15)16;/h3-6H,2H2,1H3;1H. The van der Waals surface area contributed by atoms with Gasteiger partial charge in [-0.3, -0.25) is 0 Å². The lowest BCUT2D eigenvalue weighted by atomic mass is 10.2. The monoisotopic (exact) mass is 406 g/mol. The van der Waals surface area contributed by atoms with E-state index < -0.39 is 18.0 Å². The number of nitrogens with zero attached hydrogens (tertiary/aromatic N) is 4. The second-order valence-corrected chi connectivity index (χ2v) is 4.45. The number of alkyl halides is 3. The van der Waals surface area contributed by atoms with Crippen molar-refractivity contribution < 1.29 is 27.2 Å². The Morgan fingerprint density at radius 3 is 2.75 bits per heavy atom. The van der Waals surface area contributed by atoms with E-state index in [9.17, 15) is 18.0 Å². The number of esters is 1. The molecule has 11 heteroatoms. The molecular weight excluding hydrogens is 397 g/mol. The van der Waals surface area contributed by atoms with E-state index in [1.807, 2.05) is 0 Å². The molecule has 0 aromatic carbocycles. The summed E-state index contributed by atoms with van der Waals surface area (Å²) in [7, 11) is 0. The molecule has 3 rings (SSSR count). The maximum atomic E-state index is 12.5. The van der Waals surface area contributed by atoms with Crippen LogP contribution < -0.4 is 0 Å². The maximum Gasteiger partial charge on any atom is 0.471 e. The van der Waals surface area contributed by atoms with Crippen LogP contribution in [0.2, 0.25) is 0 Å². The zero-order chi connectivity index (χ0) is 16.6. The van der Waals surface area contributed by atoms with Gasteiger partial charge in [0.2, 0.25) is 5.82 Å². The van der Waals surface area contributed by atoms with Crippen LogP contribution in [0, 0.1) is 0 Å². The van der Waals surface area contributed by atoms with Crippen molar-refractivity contribution >= 4 is 28.6 Å². The van der Waals surface area contributed by atoms with Crippen LogP contribution in [0.4, 0.5) is 13.2 Å². The minimum atomic E-state index is -4.71. The third-order valence-electron chi connectivity index (χ3n) is 2.87. The molecule has 0 atom stereocenters. The first-order valence-electron chi connectivity index (χ1n) is 6.45. The van der Waals surface area contributed by atoms with Gasteiger partial charge < -0.3 is 13.7 Å². The first-order valence-corrected chi connectivity index (χ1v) is 6.45. The average Bonchev–Trinajstić information content (AvgIpc) is 3.13. The lowest BCUT2D eigenvalue weighted by molar-refractivity contribution is -0.159. The summed E-state index contributed by atoms with van der Waals surface area (Å²) >= 11 is 0. The normalized spacial score (nSPS) is 11.3. The Hall–Kier alpha value is -2.43. The Bertz CT molecular complexity index is 875. The maximum absolute atomic E-state index is 12.5. The van der Waals surface area contributed by atoms with Crippen LogP contribution in [0.3, 0.4) is 0 Å². The van der Waals surface area contributed by atoms with Crippen LogP contribution in [0.15, 0.2) is 29.0 Å². The van der Waals surface area contributed by atoms with E-state index in [1.54, 1.807) is 6.92 Å².